The first-order chi connectivity index (χ1) is 15.4. The van der Waals surface area contributed by atoms with E-state index in [2.05, 4.69) is 38.1 Å². The Morgan fingerprint density at radius 1 is 1.03 bits per heavy atom. The van der Waals surface area contributed by atoms with Gasteiger partial charge in [-0.15, -0.1) is 0 Å². The molecule has 168 valence electrons. The van der Waals surface area contributed by atoms with Gasteiger partial charge in [-0.1, -0.05) is 48.0 Å². The lowest BCUT2D eigenvalue weighted by atomic mass is 9.72. The molecule has 1 aliphatic carbocycles. The molecule has 2 aliphatic heterocycles. The van der Waals surface area contributed by atoms with E-state index in [4.69, 9.17) is 11.6 Å². The molecule has 3 aliphatic rings. The van der Waals surface area contributed by atoms with Gasteiger partial charge in [-0.25, -0.2) is 0 Å². The van der Waals surface area contributed by atoms with Gasteiger partial charge in [0.25, 0.3) is 0 Å². The van der Waals surface area contributed by atoms with Crippen LogP contribution in [0.25, 0.3) is 0 Å². The number of nitrogens with zero attached hydrogens (tertiary/aromatic N) is 2. The summed E-state index contributed by atoms with van der Waals surface area (Å²) in [4.78, 5) is 31.0. The van der Waals surface area contributed by atoms with Gasteiger partial charge in [0.1, 0.15) is 0 Å². The monoisotopic (exact) mass is 450 g/mol. The van der Waals surface area contributed by atoms with Crippen molar-refractivity contribution in [1.82, 2.24) is 9.80 Å². The highest BCUT2D eigenvalue weighted by atomic mass is 35.5. The highest BCUT2D eigenvalue weighted by molar-refractivity contribution is 6.30. The lowest BCUT2D eigenvalue weighted by molar-refractivity contribution is -0.150. The number of amides is 2. The molecule has 0 aromatic heterocycles. The quantitative estimate of drug-likeness (QED) is 0.656. The van der Waals surface area contributed by atoms with Crippen molar-refractivity contribution in [3.05, 3.63) is 70.2 Å². The second kappa shape index (κ2) is 8.22. The van der Waals surface area contributed by atoms with Gasteiger partial charge in [0, 0.05) is 36.6 Å². The van der Waals surface area contributed by atoms with Crippen LogP contribution in [0.4, 0.5) is 0 Å². The van der Waals surface area contributed by atoms with Crippen LogP contribution in [0, 0.1) is 11.3 Å². The molecule has 0 unspecified atom stereocenters. The van der Waals surface area contributed by atoms with Crippen molar-refractivity contribution in [2.45, 2.75) is 58.0 Å². The van der Waals surface area contributed by atoms with Crippen molar-refractivity contribution in [2.75, 3.05) is 13.1 Å². The summed E-state index contributed by atoms with van der Waals surface area (Å²) in [7, 11) is 0. The molecule has 4 nitrogen and oxygen atoms in total. The molecule has 2 atom stereocenters. The Morgan fingerprint density at radius 3 is 2.34 bits per heavy atom. The maximum Gasteiger partial charge on any atom is 0.229 e. The number of hydrogen-bond acceptors (Lipinski definition) is 2. The second-order valence-corrected chi connectivity index (χ2v) is 10.5. The SMILES string of the molecule is CC(C)N1Cc2ccccc2CC2(CCN(C(=O)[C@H]3C[C@@H]3c3ccc(Cl)cc3)CC2)C1=O. The molecule has 2 aromatic rings. The van der Waals surface area contributed by atoms with Gasteiger partial charge < -0.3 is 9.80 Å². The van der Waals surface area contributed by atoms with Crippen LogP contribution < -0.4 is 0 Å². The van der Waals surface area contributed by atoms with E-state index in [0.717, 1.165) is 30.7 Å². The van der Waals surface area contributed by atoms with Crippen LogP contribution in [0.5, 0.6) is 0 Å². The number of piperidine rings is 1. The minimum absolute atomic E-state index is 0.0722. The number of halogens is 1. The molecule has 32 heavy (non-hydrogen) atoms. The minimum atomic E-state index is -0.396. The van der Waals surface area contributed by atoms with E-state index in [1.807, 2.05) is 34.1 Å². The molecule has 0 N–H and O–H groups in total. The average molecular weight is 451 g/mol. The predicted molar refractivity (Wildman–Crippen MR) is 126 cm³/mol. The lowest BCUT2D eigenvalue weighted by Crippen LogP contribution is -2.52. The zero-order valence-electron chi connectivity index (χ0n) is 18.9. The molecule has 0 bridgehead atoms. The molecule has 0 radical (unpaired) electrons. The van der Waals surface area contributed by atoms with Crippen molar-refractivity contribution in [3.8, 4) is 0 Å². The van der Waals surface area contributed by atoms with Gasteiger partial charge in [-0.2, -0.15) is 0 Å². The number of fused-ring (bicyclic) bond motifs is 1. The van der Waals surface area contributed by atoms with E-state index in [1.54, 1.807) is 0 Å². The molecular weight excluding hydrogens is 420 g/mol. The molecular formula is C27H31ClN2O2. The normalized spacial score (nSPS) is 24.4. The fraction of sp³-hybridized carbons (Fsp3) is 0.481. The van der Waals surface area contributed by atoms with Crippen LogP contribution >= 0.6 is 11.6 Å². The largest absolute Gasteiger partial charge is 0.342 e. The Balaban J connectivity index is 1.30. The van der Waals surface area contributed by atoms with Crippen LogP contribution in [0.3, 0.4) is 0 Å². The highest BCUT2D eigenvalue weighted by Crippen LogP contribution is 2.49. The summed E-state index contributed by atoms with van der Waals surface area (Å²) >= 11 is 6.01. The Labute approximate surface area is 195 Å². The van der Waals surface area contributed by atoms with Crippen molar-refractivity contribution in [3.63, 3.8) is 0 Å². The third kappa shape index (κ3) is 3.83. The Kier molecular flexibility index (Phi) is 5.53. The number of rotatable bonds is 3. The van der Waals surface area contributed by atoms with Crippen LogP contribution in [0.2, 0.25) is 5.02 Å². The Morgan fingerprint density at radius 2 is 1.69 bits per heavy atom. The number of carbonyl (C=O) groups excluding carboxylic acids is 2. The fourth-order valence-electron chi connectivity index (χ4n) is 5.63. The first-order valence-electron chi connectivity index (χ1n) is 11.8. The number of likely N-dealkylation sites (tertiary alicyclic amines) is 1. The van der Waals surface area contributed by atoms with Crippen molar-refractivity contribution < 1.29 is 9.59 Å². The van der Waals surface area contributed by atoms with Crippen LogP contribution in [-0.2, 0) is 22.6 Å². The van der Waals surface area contributed by atoms with Gasteiger partial charge in [0.2, 0.25) is 11.8 Å². The summed E-state index contributed by atoms with van der Waals surface area (Å²) in [5, 5.41) is 0.726. The molecule has 5 heteroatoms. The van der Waals surface area contributed by atoms with E-state index >= 15 is 0 Å². The van der Waals surface area contributed by atoms with Crippen molar-refractivity contribution >= 4 is 23.4 Å². The third-order valence-corrected chi connectivity index (χ3v) is 8.02. The van der Waals surface area contributed by atoms with E-state index in [1.165, 1.54) is 16.7 Å². The maximum atomic E-state index is 13.7. The standard InChI is InChI=1S/C27H31ClN2O2/c1-18(2)30-17-21-6-4-3-5-20(21)16-27(26(30)32)11-13-29(14-12-27)25(31)24-15-23(24)19-7-9-22(28)10-8-19/h3-10,18,23-24H,11-17H2,1-2H3/t23-,24+/m1/s1. The topological polar surface area (TPSA) is 40.6 Å². The van der Waals surface area contributed by atoms with Gasteiger partial charge >= 0.3 is 0 Å². The van der Waals surface area contributed by atoms with Crippen LogP contribution in [0.15, 0.2) is 48.5 Å². The lowest BCUT2D eigenvalue weighted by Gasteiger charge is -2.43. The summed E-state index contributed by atoms with van der Waals surface area (Å²) in [6.45, 7) is 6.22. The molecule has 2 aromatic carbocycles. The average Bonchev–Trinajstić information content (AvgIpc) is 3.60. The third-order valence-electron chi connectivity index (χ3n) is 7.76. The second-order valence-electron chi connectivity index (χ2n) is 10.1. The van der Waals surface area contributed by atoms with E-state index < -0.39 is 5.41 Å². The molecule has 1 saturated carbocycles. The fourth-order valence-corrected chi connectivity index (χ4v) is 5.75. The van der Waals surface area contributed by atoms with Crippen LogP contribution in [-0.4, -0.2) is 40.7 Å². The van der Waals surface area contributed by atoms with Gasteiger partial charge in [-0.3, -0.25) is 9.59 Å². The Bertz CT molecular complexity index is 1020. The summed E-state index contributed by atoms with van der Waals surface area (Å²) in [6, 6.07) is 16.5. The number of hydrogen-bond donors (Lipinski definition) is 0. The van der Waals surface area contributed by atoms with E-state index in [0.29, 0.717) is 25.6 Å². The molecule has 2 fully saturated rings. The Hall–Kier alpha value is -2.33. The highest BCUT2D eigenvalue weighted by Gasteiger charge is 2.50. The minimum Gasteiger partial charge on any atom is -0.342 e. The summed E-state index contributed by atoms with van der Waals surface area (Å²) in [5.74, 6) is 0.893. The van der Waals surface area contributed by atoms with E-state index in [-0.39, 0.29) is 23.8 Å². The number of carbonyl (C=O) groups is 2. The molecule has 2 amide bonds. The molecule has 1 saturated heterocycles. The summed E-state index contributed by atoms with van der Waals surface area (Å²) in [6.07, 6.45) is 3.18. The first-order valence-corrected chi connectivity index (χ1v) is 12.2. The van der Waals surface area contributed by atoms with Gasteiger partial charge in [0.05, 0.1) is 5.41 Å². The molecule has 1 spiro atoms. The zero-order valence-corrected chi connectivity index (χ0v) is 19.6. The predicted octanol–water partition coefficient (Wildman–Crippen LogP) is 5.05. The van der Waals surface area contributed by atoms with Gasteiger partial charge in [0.15, 0.2) is 0 Å². The zero-order chi connectivity index (χ0) is 22.5. The summed E-state index contributed by atoms with van der Waals surface area (Å²) < 4.78 is 0. The maximum absolute atomic E-state index is 13.7. The smallest absolute Gasteiger partial charge is 0.229 e. The number of benzene rings is 2. The van der Waals surface area contributed by atoms with Crippen LogP contribution in [0.1, 0.15) is 55.7 Å². The first kappa shape index (κ1) is 21.5. The molecule has 2 heterocycles. The van der Waals surface area contributed by atoms with Gasteiger partial charge in [-0.05, 0) is 74.3 Å². The van der Waals surface area contributed by atoms with Crippen molar-refractivity contribution in [2.24, 2.45) is 11.3 Å². The van der Waals surface area contributed by atoms with Crippen molar-refractivity contribution in [1.29, 1.82) is 0 Å². The van der Waals surface area contributed by atoms with E-state index in [9.17, 15) is 9.59 Å². The summed E-state index contributed by atoms with van der Waals surface area (Å²) in [5.41, 5.74) is 3.35. The molecule has 5 rings (SSSR count).